The van der Waals surface area contributed by atoms with E-state index in [9.17, 15) is 0 Å². The molecule has 2 heterocycles. The molecule has 0 spiro atoms. The van der Waals surface area contributed by atoms with Crippen LogP contribution in [0.2, 0.25) is 0 Å². The number of hydrogen-bond donors (Lipinski definition) is 0. The highest BCUT2D eigenvalue weighted by Gasteiger charge is 2.38. The number of benzene rings is 1. The third kappa shape index (κ3) is 3.13. The van der Waals surface area contributed by atoms with Gasteiger partial charge in [-0.1, -0.05) is 12.1 Å². The molecule has 0 saturated heterocycles. The zero-order valence-electron chi connectivity index (χ0n) is 14.8. The SMILES string of the molecule is COc1ccc(CC2C(c3cccnc3)=N[C@@H]3CC[C@H]2C3)c(OC)c1. The number of hydrogen-bond acceptors (Lipinski definition) is 4. The molecule has 3 atom stereocenters. The molecule has 2 bridgehead atoms. The second-order valence-corrected chi connectivity index (χ2v) is 6.97. The van der Waals surface area contributed by atoms with Crippen LogP contribution in [0.25, 0.3) is 0 Å². The lowest BCUT2D eigenvalue weighted by atomic mass is 9.78. The van der Waals surface area contributed by atoms with Crippen molar-refractivity contribution in [1.29, 1.82) is 0 Å². The molecule has 25 heavy (non-hydrogen) atoms. The summed E-state index contributed by atoms with van der Waals surface area (Å²) >= 11 is 0. The van der Waals surface area contributed by atoms with Crippen molar-refractivity contribution in [2.45, 2.75) is 31.7 Å². The van der Waals surface area contributed by atoms with Crippen LogP contribution in [0.5, 0.6) is 11.5 Å². The molecule has 2 aromatic rings. The van der Waals surface area contributed by atoms with Crippen molar-refractivity contribution in [3.8, 4) is 11.5 Å². The standard InChI is InChI=1S/C21H24N2O2/c1-24-18-8-6-15(20(12-18)25-2)11-19-14-5-7-17(10-14)23-21(19)16-4-3-9-22-13-16/h3-4,6,8-9,12-14,17,19H,5,7,10-11H2,1-2H3/t14-,17+,19?/m0/s1. The van der Waals surface area contributed by atoms with Crippen molar-refractivity contribution < 1.29 is 9.47 Å². The number of rotatable bonds is 5. The molecule has 1 aliphatic heterocycles. The molecular formula is C21H24N2O2. The minimum absolute atomic E-state index is 0.422. The first-order chi connectivity index (χ1) is 12.3. The Morgan fingerprint density at radius 3 is 2.80 bits per heavy atom. The zero-order chi connectivity index (χ0) is 17.2. The van der Waals surface area contributed by atoms with Gasteiger partial charge in [0.25, 0.3) is 0 Å². The van der Waals surface area contributed by atoms with Gasteiger partial charge in [-0.05, 0) is 49.3 Å². The Morgan fingerprint density at radius 1 is 1.12 bits per heavy atom. The highest BCUT2D eigenvalue weighted by molar-refractivity contribution is 6.03. The first kappa shape index (κ1) is 16.1. The van der Waals surface area contributed by atoms with Crippen LogP contribution in [0.3, 0.4) is 0 Å². The van der Waals surface area contributed by atoms with Gasteiger partial charge in [0.05, 0.1) is 20.3 Å². The van der Waals surface area contributed by atoms with Gasteiger partial charge in [0, 0.05) is 35.7 Å². The molecule has 0 N–H and O–H groups in total. The Morgan fingerprint density at radius 2 is 2.04 bits per heavy atom. The molecule has 1 aromatic heterocycles. The summed E-state index contributed by atoms with van der Waals surface area (Å²) in [4.78, 5) is 9.40. The Hall–Kier alpha value is -2.36. The molecule has 0 amide bonds. The summed E-state index contributed by atoms with van der Waals surface area (Å²) in [7, 11) is 3.41. The van der Waals surface area contributed by atoms with Gasteiger partial charge in [-0.25, -0.2) is 0 Å². The topological polar surface area (TPSA) is 43.7 Å². The van der Waals surface area contributed by atoms with Gasteiger partial charge in [0.1, 0.15) is 11.5 Å². The van der Waals surface area contributed by atoms with Crippen LogP contribution in [0.4, 0.5) is 0 Å². The van der Waals surface area contributed by atoms with Crippen LogP contribution in [-0.4, -0.2) is 31.0 Å². The average Bonchev–Trinajstić information content (AvgIpc) is 3.07. The van der Waals surface area contributed by atoms with Crippen LogP contribution in [-0.2, 0) is 6.42 Å². The normalized spacial score (nSPS) is 24.7. The summed E-state index contributed by atoms with van der Waals surface area (Å²) in [6.45, 7) is 0. The van der Waals surface area contributed by atoms with Crippen molar-refractivity contribution in [1.82, 2.24) is 4.98 Å². The lowest BCUT2D eigenvalue weighted by Crippen LogP contribution is -2.30. The summed E-state index contributed by atoms with van der Waals surface area (Å²) < 4.78 is 10.9. The molecule has 130 valence electrons. The van der Waals surface area contributed by atoms with Crippen molar-refractivity contribution >= 4 is 5.71 Å². The summed E-state index contributed by atoms with van der Waals surface area (Å²) in [6.07, 6.45) is 8.40. The highest BCUT2D eigenvalue weighted by Crippen LogP contribution is 2.42. The molecule has 1 aliphatic carbocycles. The van der Waals surface area contributed by atoms with E-state index in [1.165, 1.54) is 30.5 Å². The maximum Gasteiger partial charge on any atom is 0.125 e. The van der Waals surface area contributed by atoms with E-state index < -0.39 is 0 Å². The van der Waals surface area contributed by atoms with Gasteiger partial charge in [0.15, 0.2) is 0 Å². The largest absolute Gasteiger partial charge is 0.497 e. The molecule has 1 unspecified atom stereocenters. The van der Waals surface area contributed by atoms with Gasteiger partial charge >= 0.3 is 0 Å². The van der Waals surface area contributed by atoms with E-state index in [1.807, 2.05) is 30.6 Å². The van der Waals surface area contributed by atoms with Gasteiger partial charge in [0.2, 0.25) is 0 Å². The number of aromatic nitrogens is 1. The lowest BCUT2D eigenvalue weighted by molar-refractivity contribution is 0.377. The second kappa shape index (κ2) is 6.87. The predicted octanol–water partition coefficient (Wildman–Crippen LogP) is 3.93. The smallest absolute Gasteiger partial charge is 0.125 e. The van der Waals surface area contributed by atoms with Crippen LogP contribution in [0.1, 0.15) is 30.4 Å². The predicted molar refractivity (Wildman–Crippen MR) is 98.6 cm³/mol. The van der Waals surface area contributed by atoms with E-state index in [-0.39, 0.29) is 0 Å². The van der Waals surface area contributed by atoms with Gasteiger partial charge in [-0.3, -0.25) is 9.98 Å². The summed E-state index contributed by atoms with van der Waals surface area (Å²) in [5, 5.41) is 0. The highest BCUT2D eigenvalue weighted by atomic mass is 16.5. The fourth-order valence-electron chi connectivity index (χ4n) is 4.31. The van der Waals surface area contributed by atoms with Gasteiger partial charge in [-0.15, -0.1) is 0 Å². The van der Waals surface area contributed by atoms with E-state index >= 15 is 0 Å². The maximum atomic E-state index is 5.62. The number of nitrogens with zero attached hydrogens (tertiary/aromatic N) is 2. The number of methoxy groups -OCH3 is 2. The van der Waals surface area contributed by atoms with E-state index in [0.717, 1.165) is 23.5 Å². The first-order valence-corrected chi connectivity index (χ1v) is 8.97. The van der Waals surface area contributed by atoms with Crippen LogP contribution in [0.15, 0.2) is 47.7 Å². The van der Waals surface area contributed by atoms with E-state index in [0.29, 0.717) is 17.9 Å². The minimum atomic E-state index is 0.422. The average molecular weight is 336 g/mol. The number of pyridine rings is 1. The third-order valence-electron chi connectivity index (χ3n) is 5.58. The quantitative estimate of drug-likeness (QED) is 0.831. The number of fused-ring (bicyclic) bond motifs is 2. The second-order valence-electron chi connectivity index (χ2n) is 6.97. The third-order valence-corrected chi connectivity index (χ3v) is 5.58. The molecule has 4 rings (SSSR count). The zero-order valence-corrected chi connectivity index (χ0v) is 14.8. The minimum Gasteiger partial charge on any atom is -0.497 e. The first-order valence-electron chi connectivity index (χ1n) is 8.97. The van der Waals surface area contributed by atoms with E-state index in [4.69, 9.17) is 14.5 Å². The van der Waals surface area contributed by atoms with Crippen molar-refractivity contribution in [3.63, 3.8) is 0 Å². The van der Waals surface area contributed by atoms with Crippen molar-refractivity contribution in [2.75, 3.05) is 14.2 Å². The molecular weight excluding hydrogens is 312 g/mol. The maximum absolute atomic E-state index is 5.62. The number of aliphatic imine (C=N–C) groups is 1. The Kier molecular flexibility index (Phi) is 4.43. The molecule has 1 saturated carbocycles. The fourth-order valence-corrected chi connectivity index (χ4v) is 4.31. The molecule has 4 nitrogen and oxygen atoms in total. The van der Waals surface area contributed by atoms with Gasteiger partial charge in [-0.2, -0.15) is 0 Å². The lowest BCUT2D eigenvalue weighted by Gasteiger charge is -2.30. The Balaban J connectivity index is 1.68. The monoisotopic (exact) mass is 336 g/mol. The summed E-state index contributed by atoms with van der Waals surface area (Å²) in [5.41, 5.74) is 3.61. The van der Waals surface area contributed by atoms with Crippen molar-refractivity contribution in [3.05, 3.63) is 53.9 Å². The molecule has 0 radical (unpaired) electrons. The van der Waals surface area contributed by atoms with Crippen LogP contribution >= 0.6 is 0 Å². The summed E-state index contributed by atoms with van der Waals surface area (Å²) in [5.74, 6) is 2.84. The molecule has 4 heteroatoms. The van der Waals surface area contributed by atoms with E-state index in [1.54, 1.807) is 14.2 Å². The number of ether oxygens (including phenoxy) is 2. The molecule has 1 aromatic carbocycles. The summed E-state index contributed by atoms with van der Waals surface area (Å²) in [6, 6.07) is 10.7. The van der Waals surface area contributed by atoms with Crippen LogP contribution in [0, 0.1) is 11.8 Å². The van der Waals surface area contributed by atoms with Gasteiger partial charge < -0.3 is 9.47 Å². The molecule has 2 aliphatic rings. The van der Waals surface area contributed by atoms with Crippen molar-refractivity contribution in [2.24, 2.45) is 16.8 Å². The van der Waals surface area contributed by atoms with E-state index in [2.05, 4.69) is 17.1 Å². The van der Waals surface area contributed by atoms with Crippen LogP contribution < -0.4 is 9.47 Å². The fraction of sp³-hybridized carbons (Fsp3) is 0.429. The Bertz CT molecular complexity index is 773. The Labute approximate surface area is 148 Å². The molecule has 1 fully saturated rings.